The smallest absolute Gasteiger partial charge is 0.355 e. The Morgan fingerprint density at radius 1 is 1.03 bits per heavy atom. The Balaban J connectivity index is 2.50. The summed E-state index contributed by atoms with van der Waals surface area (Å²) in [5.41, 5.74) is 6.82. The van der Waals surface area contributed by atoms with Gasteiger partial charge in [-0.3, -0.25) is 9.20 Å². The fraction of sp³-hybridized carbons (Fsp3) is 0.217. The van der Waals surface area contributed by atoms with Gasteiger partial charge in [0, 0.05) is 5.56 Å². The number of carbonyl (C=O) groups excluding carboxylic acids is 3. The lowest BCUT2D eigenvalue weighted by molar-refractivity contribution is 0.0517. The predicted octanol–water partition coefficient (Wildman–Crippen LogP) is 3.29. The number of nitrogens with two attached hydrogens (primary N) is 1. The van der Waals surface area contributed by atoms with Gasteiger partial charge in [-0.05, 0) is 32.4 Å². The number of ketones is 1. The number of hydrogen-bond donors (Lipinski definition) is 1. The van der Waals surface area contributed by atoms with Crippen LogP contribution in [0.1, 0.15) is 61.9 Å². The van der Waals surface area contributed by atoms with Crippen LogP contribution in [-0.2, 0) is 9.47 Å². The van der Waals surface area contributed by atoms with E-state index in [9.17, 15) is 19.6 Å². The summed E-state index contributed by atoms with van der Waals surface area (Å²) in [6.45, 7) is 5.06. The lowest BCUT2D eigenvalue weighted by Gasteiger charge is -2.13. The molecule has 0 aliphatic carbocycles. The maximum Gasteiger partial charge on any atom is 0.355 e. The molecular formula is C23H21N3O5. The zero-order valence-corrected chi connectivity index (χ0v) is 17.4. The van der Waals surface area contributed by atoms with Crippen molar-refractivity contribution >= 4 is 28.9 Å². The molecule has 3 aromatic rings. The highest BCUT2D eigenvalue weighted by Crippen LogP contribution is 2.32. The summed E-state index contributed by atoms with van der Waals surface area (Å²) in [6.07, 6.45) is 0. The molecule has 1 aromatic carbocycles. The normalized spacial score (nSPS) is 10.5. The van der Waals surface area contributed by atoms with E-state index >= 15 is 0 Å². The van der Waals surface area contributed by atoms with Crippen molar-refractivity contribution in [2.45, 2.75) is 20.8 Å². The molecule has 0 saturated carbocycles. The van der Waals surface area contributed by atoms with Gasteiger partial charge in [0.1, 0.15) is 17.5 Å². The third-order valence-corrected chi connectivity index (χ3v) is 4.82. The first-order valence-corrected chi connectivity index (χ1v) is 9.68. The van der Waals surface area contributed by atoms with Gasteiger partial charge in [-0.2, -0.15) is 5.26 Å². The second kappa shape index (κ2) is 8.71. The molecular weight excluding hydrogens is 398 g/mol. The molecule has 31 heavy (non-hydrogen) atoms. The zero-order valence-electron chi connectivity index (χ0n) is 17.4. The zero-order chi connectivity index (χ0) is 22.7. The minimum absolute atomic E-state index is 0.00485. The fourth-order valence-corrected chi connectivity index (χ4v) is 3.49. The molecule has 0 saturated heterocycles. The van der Waals surface area contributed by atoms with E-state index in [1.54, 1.807) is 51.1 Å². The first-order chi connectivity index (χ1) is 14.9. The molecule has 0 amide bonds. The van der Waals surface area contributed by atoms with E-state index < -0.39 is 17.7 Å². The highest BCUT2D eigenvalue weighted by molar-refractivity contribution is 6.14. The van der Waals surface area contributed by atoms with E-state index in [0.717, 1.165) is 0 Å². The van der Waals surface area contributed by atoms with Crippen LogP contribution in [0.5, 0.6) is 0 Å². The summed E-state index contributed by atoms with van der Waals surface area (Å²) in [5.74, 6) is -1.91. The number of carbonyl (C=O) groups is 3. The van der Waals surface area contributed by atoms with Crippen LogP contribution in [0.25, 0.3) is 5.52 Å². The Morgan fingerprint density at radius 3 is 2.23 bits per heavy atom. The van der Waals surface area contributed by atoms with Crippen LogP contribution in [0.15, 0.2) is 36.4 Å². The molecule has 3 rings (SSSR count). The van der Waals surface area contributed by atoms with Gasteiger partial charge < -0.3 is 15.2 Å². The number of aromatic nitrogens is 1. The SMILES string of the molecule is CCOC(=O)c1c(C)c(C(=O)OCC)n2c(C(=O)c3ccccc3)c(N)c(C#N)cc12. The number of benzene rings is 1. The summed E-state index contributed by atoms with van der Waals surface area (Å²) in [4.78, 5) is 39.0. The number of esters is 2. The van der Waals surface area contributed by atoms with Gasteiger partial charge in [-0.25, -0.2) is 9.59 Å². The van der Waals surface area contributed by atoms with E-state index in [-0.39, 0.29) is 52.5 Å². The van der Waals surface area contributed by atoms with Crippen LogP contribution in [0.2, 0.25) is 0 Å². The van der Waals surface area contributed by atoms with Crippen LogP contribution in [0.3, 0.4) is 0 Å². The van der Waals surface area contributed by atoms with Crippen molar-refractivity contribution in [1.29, 1.82) is 5.26 Å². The van der Waals surface area contributed by atoms with Gasteiger partial charge >= 0.3 is 11.9 Å². The maximum atomic E-state index is 13.4. The van der Waals surface area contributed by atoms with Gasteiger partial charge in [-0.1, -0.05) is 30.3 Å². The van der Waals surface area contributed by atoms with E-state index in [2.05, 4.69) is 0 Å². The van der Waals surface area contributed by atoms with E-state index in [1.807, 2.05) is 6.07 Å². The second-order valence-corrected chi connectivity index (χ2v) is 6.64. The number of pyridine rings is 1. The van der Waals surface area contributed by atoms with Crippen LogP contribution in [0.4, 0.5) is 5.69 Å². The average Bonchev–Trinajstić information content (AvgIpc) is 3.05. The third kappa shape index (κ3) is 3.62. The molecule has 0 fully saturated rings. The summed E-state index contributed by atoms with van der Waals surface area (Å²) in [6, 6.07) is 11.7. The van der Waals surface area contributed by atoms with E-state index in [4.69, 9.17) is 15.2 Å². The Hall–Kier alpha value is -4.12. The Bertz CT molecular complexity index is 1240. The molecule has 158 valence electrons. The summed E-state index contributed by atoms with van der Waals surface area (Å²) in [5, 5.41) is 9.60. The van der Waals surface area contributed by atoms with E-state index in [0.29, 0.717) is 5.56 Å². The topological polar surface area (TPSA) is 124 Å². The molecule has 0 aliphatic heterocycles. The Kier molecular flexibility index (Phi) is 6.07. The average molecular weight is 419 g/mol. The van der Waals surface area contributed by atoms with Crippen LogP contribution < -0.4 is 5.73 Å². The third-order valence-electron chi connectivity index (χ3n) is 4.82. The molecule has 0 spiro atoms. The summed E-state index contributed by atoms with van der Waals surface area (Å²) in [7, 11) is 0. The van der Waals surface area contributed by atoms with Crippen molar-refractivity contribution in [2.24, 2.45) is 0 Å². The van der Waals surface area contributed by atoms with Crippen molar-refractivity contribution in [3.63, 3.8) is 0 Å². The maximum absolute atomic E-state index is 13.4. The van der Waals surface area contributed by atoms with Gasteiger partial charge in [0.25, 0.3) is 0 Å². The van der Waals surface area contributed by atoms with Gasteiger partial charge in [0.15, 0.2) is 0 Å². The van der Waals surface area contributed by atoms with Gasteiger partial charge in [-0.15, -0.1) is 0 Å². The van der Waals surface area contributed by atoms with Crippen molar-refractivity contribution in [1.82, 2.24) is 4.40 Å². The van der Waals surface area contributed by atoms with Crippen LogP contribution in [0, 0.1) is 18.3 Å². The Morgan fingerprint density at radius 2 is 1.65 bits per heavy atom. The highest BCUT2D eigenvalue weighted by Gasteiger charge is 2.31. The number of ether oxygens (including phenoxy) is 2. The molecule has 8 heteroatoms. The fourth-order valence-electron chi connectivity index (χ4n) is 3.49. The largest absolute Gasteiger partial charge is 0.462 e. The van der Waals surface area contributed by atoms with Gasteiger partial charge in [0.05, 0.1) is 35.5 Å². The molecule has 0 atom stereocenters. The minimum Gasteiger partial charge on any atom is -0.462 e. The Labute approximate surface area is 178 Å². The monoisotopic (exact) mass is 419 g/mol. The van der Waals surface area contributed by atoms with Crippen molar-refractivity contribution in [3.8, 4) is 6.07 Å². The summed E-state index contributed by atoms with van der Waals surface area (Å²) < 4.78 is 11.6. The van der Waals surface area contributed by atoms with Crippen molar-refractivity contribution in [3.05, 3.63) is 70.0 Å². The molecule has 2 heterocycles. The standard InChI is InChI=1S/C23H21N3O5/c1-4-30-22(28)17-13(3)19(23(29)31-5-2)26-16(17)11-15(12-24)18(25)20(26)21(27)14-9-7-6-8-10-14/h6-11H,4-5,25H2,1-3H3. The highest BCUT2D eigenvalue weighted by atomic mass is 16.5. The molecule has 0 bridgehead atoms. The van der Waals surface area contributed by atoms with E-state index in [1.165, 1.54) is 10.5 Å². The molecule has 2 aromatic heterocycles. The van der Waals surface area contributed by atoms with Crippen LogP contribution >= 0.6 is 0 Å². The second-order valence-electron chi connectivity index (χ2n) is 6.64. The lowest BCUT2D eigenvalue weighted by Crippen LogP contribution is -2.18. The van der Waals surface area contributed by atoms with Gasteiger partial charge in [0.2, 0.25) is 5.78 Å². The molecule has 2 N–H and O–H groups in total. The van der Waals surface area contributed by atoms with Crippen molar-refractivity contribution < 1.29 is 23.9 Å². The number of nitrogens with zero attached hydrogens (tertiary/aromatic N) is 2. The molecule has 0 unspecified atom stereocenters. The number of nitrogen functional groups attached to an aromatic ring is 1. The van der Waals surface area contributed by atoms with Crippen molar-refractivity contribution in [2.75, 3.05) is 18.9 Å². The summed E-state index contributed by atoms with van der Waals surface area (Å²) >= 11 is 0. The molecule has 0 aliphatic rings. The molecule has 0 radical (unpaired) electrons. The quantitative estimate of drug-likeness (QED) is 0.480. The number of hydrogen-bond acceptors (Lipinski definition) is 7. The number of fused-ring (bicyclic) bond motifs is 1. The number of nitriles is 1. The lowest BCUT2D eigenvalue weighted by atomic mass is 10.0. The first-order valence-electron chi connectivity index (χ1n) is 9.68. The predicted molar refractivity (Wildman–Crippen MR) is 113 cm³/mol. The molecule has 8 nitrogen and oxygen atoms in total. The number of rotatable bonds is 6. The minimum atomic E-state index is -0.725. The van der Waals surface area contributed by atoms with Crippen LogP contribution in [-0.4, -0.2) is 35.3 Å². The first kappa shape index (κ1) is 21.6. The number of anilines is 1.